The van der Waals surface area contributed by atoms with Crippen LogP contribution in [0, 0.1) is 0 Å². The van der Waals surface area contributed by atoms with Gasteiger partial charge in [0.1, 0.15) is 21.4 Å². The molecular weight excluding hydrogens is 290 g/mol. The Kier molecular flexibility index (Phi) is 4.99. The van der Waals surface area contributed by atoms with E-state index in [2.05, 4.69) is 12.6 Å². The Morgan fingerprint density at radius 1 is 1.40 bits per heavy atom. The molecule has 2 atom stereocenters. The smallest absolute Gasteiger partial charge is 0.322 e. The van der Waals surface area contributed by atoms with Crippen LogP contribution in [-0.2, 0) is 19.2 Å². The molecule has 0 unspecified atom stereocenters. The second-order valence-electron chi connectivity index (χ2n) is 3.42. The van der Waals surface area contributed by atoms with Crippen molar-refractivity contribution in [2.24, 2.45) is 5.72 Å². The first kappa shape index (κ1) is 10.9. The van der Waals surface area contributed by atoms with Crippen molar-refractivity contribution in [1.29, 1.82) is 0 Å². The van der Waals surface area contributed by atoms with Crippen LogP contribution in [0.2, 0.25) is 2.82 Å². The molecule has 0 aliphatic carbocycles. The van der Waals surface area contributed by atoms with Crippen LogP contribution in [0.5, 0.6) is 0 Å². The minimum Gasteiger partial charge on any atom is -0.480 e. The Hall–Kier alpha value is -1.81. The molecule has 0 aromatic rings. The summed E-state index contributed by atoms with van der Waals surface area (Å²) in [6.45, 7) is -0.721. The predicted molar refractivity (Wildman–Crippen MR) is 71.3 cm³/mol. The van der Waals surface area contributed by atoms with Gasteiger partial charge < -0.3 is 26.6 Å². The van der Waals surface area contributed by atoms with Crippen LogP contribution in [0.25, 0.3) is 0 Å². The Labute approximate surface area is 127 Å². The van der Waals surface area contributed by atoms with E-state index in [4.69, 9.17) is 17.1 Å². The summed E-state index contributed by atoms with van der Waals surface area (Å²) >= 11 is 3.79. The molecule has 9 nitrogen and oxygen atoms in total. The normalized spacial score (nSPS) is 19.2. The molecule has 0 aromatic carbocycles. The van der Waals surface area contributed by atoms with E-state index in [1.165, 1.54) is 0 Å². The summed E-state index contributed by atoms with van der Waals surface area (Å²) in [5.41, 5.74) is -0.682. The summed E-state index contributed by atoms with van der Waals surface area (Å²) in [5.74, 6) is -5.85. The van der Waals surface area contributed by atoms with Crippen molar-refractivity contribution >= 4 is 36.4 Å². The maximum absolute atomic E-state index is 11.9. The molecule has 0 radical (unpaired) electrons. The van der Waals surface area contributed by atoms with Crippen molar-refractivity contribution < 1.29 is 36.3 Å². The number of hydrogen-bond donors (Lipinski definition) is 6. The van der Waals surface area contributed by atoms with E-state index in [1.54, 1.807) is 0 Å². The maximum Gasteiger partial charge on any atom is 0.322 e. The van der Waals surface area contributed by atoms with Gasteiger partial charge in [0.15, 0.2) is 0 Å². The van der Waals surface area contributed by atoms with Gasteiger partial charge in [-0.2, -0.15) is 12.6 Å². The first-order valence-corrected chi connectivity index (χ1v) is 5.84. The second kappa shape index (κ2) is 9.15. The van der Waals surface area contributed by atoms with Gasteiger partial charge in [0, 0.05) is 14.9 Å². The number of carbonyl (C=O) groups is 4. The Bertz CT molecular complexity index is 551. The zero-order chi connectivity index (χ0) is 20.0. The van der Waals surface area contributed by atoms with Crippen molar-refractivity contribution in [3.63, 3.8) is 0 Å². The van der Waals surface area contributed by atoms with E-state index in [1.807, 2.05) is 10.6 Å². The largest absolute Gasteiger partial charge is 0.480 e. The molecule has 0 aliphatic heterocycles. The van der Waals surface area contributed by atoms with E-state index in [9.17, 15) is 19.2 Å². The van der Waals surface area contributed by atoms with Crippen LogP contribution in [0.15, 0.2) is 0 Å². The highest BCUT2D eigenvalue weighted by molar-refractivity contribution is 7.80. The number of nitrogens with one attached hydrogen (secondary N) is 2. The summed E-state index contributed by atoms with van der Waals surface area (Å²) in [5, 5.41) is 21.4. The summed E-state index contributed by atoms with van der Waals surface area (Å²) in [4.78, 5) is 45.0. The van der Waals surface area contributed by atoms with E-state index in [0.29, 0.717) is 0 Å². The zero-order valence-corrected chi connectivity index (χ0v) is 11.0. The van der Waals surface area contributed by atoms with Crippen LogP contribution in [0.1, 0.15) is 16.9 Å². The van der Waals surface area contributed by atoms with Crippen molar-refractivity contribution in [3.8, 4) is 0 Å². The van der Waals surface area contributed by atoms with Crippen LogP contribution in [0.4, 0.5) is 0 Å². The molecule has 2 amide bonds. The van der Waals surface area contributed by atoms with E-state index in [0.717, 1.165) is 0 Å². The molecule has 20 heavy (non-hydrogen) atoms. The van der Waals surface area contributed by atoms with Crippen molar-refractivity contribution in [3.05, 3.63) is 0 Å². The predicted octanol–water partition coefficient (Wildman–Crippen LogP) is -2.21. The lowest BCUT2D eigenvalue weighted by Gasteiger charge is -2.16. The molecule has 0 spiro atoms. The molecule has 0 aliphatic rings. The van der Waals surface area contributed by atoms with Crippen LogP contribution in [0.3, 0.4) is 0 Å². The first-order valence-electron chi connectivity index (χ1n) is 7.60. The molecule has 0 aromatic heterocycles. The van der Waals surface area contributed by atoms with E-state index in [-0.39, 0.29) is 5.75 Å². The molecule has 0 saturated carbocycles. The molecule has 0 rings (SSSR count). The number of carboxylic acids is 2. The molecule has 0 fully saturated rings. The Balaban J connectivity index is 5.09. The average Bonchev–Trinajstić information content (AvgIpc) is 2.47. The van der Waals surface area contributed by atoms with Gasteiger partial charge in [-0.1, -0.05) is 0 Å². The number of carboxylic acid groups (broad SMARTS) is 2. The summed E-state index contributed by atoms with van der Waals surface area (Å²) in [7, 11) is 0. The first-order chi connectivity index (χ1) is 11.3. The number of carbonyl (C=O) groups excluding carboxylic acids is 2. The Morgan fingerprint density at radius 2 is 2.05 bits per heavy atom. The number of thiol groups is 1. The van der Waals surface area contributed by atoms with Gasteiger partial charge in [-0.15, -0.1) is 0 Å². The molecule has 0 saturated heterocycles. The molecular formula is C10H17N3O6S. The maximum atomic E-state index is 11.9. The average molecular weight is 312 g/mol. The lowest BCUT2D eigenvalue weighted by molar-refractivity contribution is -0.139. The fraction of sp³-hybridized carbons (Fsp3) is 0.600. The van der Waals surface area contributed by atoms with Crippen molar-refractivity contribution in [2.45, 2.75) is 24.9 Å². The summed E-state index contributed by atoms with van der Waals surface area (Å²) in [6.07, 6.45) is -4.40. The van der Waals surface area contributed by atoms with Gasteiger partial charge in [0.25, 0.3) is 0 Å². The number of nitrogens with two attached hydrogens (primary N) is 1. The number of amides is 2. The van der Waals surface area contributed by atoms with Crippen LogP contribution in [-0.4, -0.2) is 58.3 Å². The minimum atomic E-state index is -3.40. The number of rotatable bonds is 10. The fourth-order valence-corrected chi connectivity index (χ4v) is 1.22. The lowest BCUT2D eigenvalue weighted by Crippen LogP contribution is -2.49. The highest BCUT2D eigenvalue weighted by Crippen LogP contribution is 1.97. The molecule has 10 heteroatoms. The Morgan fingerprint density at radius 3 is 2.50 bits per heavy atom. The molecule has 0 heterocycles. The third-order valence-corrected chi connectivity index (χ3v) is 2.23. The fourth-order valence-electron chi connectivity index (χ4n) is 0.965. The van der Waals surface area contributed by atoms with E-state index < -0.39 is 60.9 Å². The van der Waals surface area contributed by atoms with Gasteiger partial charge in [0.2, 0.25) is 11.8 Å². The van der Waals surface area contributed by atoms with Gasteiger partial charge in [-0.3, -0.25) is 19.2 Å². The van der Waals surface area contributed by atoms with Gasteiger partial charge in [-0.25, -0.2) is 0 Å². The highest BCUT2D eigenvalue weighted by atomic mass is 32.1. The third-order valence-electron chi connectivity index (χ3n) is 1.87. The zero-order valence-electron chi connectivity index (χ0n) is 15.1. The quantitative estimate of drug-likeness (QED) is 0.249. The number of hydrogen-bond acceptors (Lipinski definition) is 6. The van der Waals surface area contributed by atoms with Gasteiger partial charge in [-0.05, 0) is 6.37 Å². The second-order valence-corrected chi connectivity index (χ2v) is 3.79. The van der Waals surface area contributed by atoms with Gasteiger partial charge in [0.05, 0.1) is 1.37 Å². The third kappa shape index (κ3) is 7.59. The number of aliphatic carboxylic acids is 2. The summed E-state index contributed by atoms with van der Waals surface area (Å²) in [6, 6.07) is -4.73. The van der Waals surface area contributed by atoms with Crippen LogP contribution >= 0.6 is 12.6 Å². The van der Waals surface area contributed by atoms with Crippen molar-refractivity contribution in [2.75, 3.05) is 12.3 Å². The van der Waals surface area contributed by atoms with E-state index >= 15 is 0 Å². The monoisotopic (exact) mass is 312 g/mol. The standard InChI is InChI=1S/C10H17N3O6S/c11-5(10(18)19)1-2-7(14)13-6(4-20)9(17)12-3-8(15)16/h5-6,20H,1-4,11H2,(H,12,17)(H,13,14)(H,15,16)(H,18,19)/t5-,6-/m0/s1/i1D2,5D/hD2. The minimum absolute atomic E-state index is 0.270. The van der Waals surface area contributed by atoms with Gasteiger partial charge >= 0.3 is 11.9 Å². The molecule has 0 bridgehead atoms. The van der Waals surface area contributed by atoms with Crippen molar-refractivity contribution in [1.82, 2.24) is 10.6 Å². The van der Waals surface area contributed by atoms with Crippen LogP contribution < -0.4 is 16.4 Å². The SMILES string of the molecule is [2H]N([2H])[C@]([2H])(C(=O)O)C([2H])([2H])CC(=O)N[C@@H](CS)C(=O)NCC(=O)O. The highest BCUT2D eigenvalue weighted by Gasteiger charge is 2.20. The lowest BCUT2D eigenvalue weighted by atomic mass is 10.1. The molecule has 114 valence electrons. The summed E-state index contributed by atoms with van der Waals surface area (Å²) < 4.78 is 36.5. The molecule has 6 N–H and O–H groups in total. The topological polar surface area (TPSA) is 159 Å².